The molecule has 2 unspecified atom stereocenters. The van der Waals surface area contributed by atoms with E-state index in [2.05, 4.69) is 16.8 Å². The van der Waals surface area contributed by atoms with Crippen molar-refractivity contribution < 1.29 is 4.74 Å². The number of halogens is 2. The maximum absolute atomic E-state index is 6.41. The highest BCUT2D eigenvalue weighted by Gasteiger charge is 2.42. The molecule has 2 atom stereocenters. The molecular formula is C15H19Cl2N3O. The van der Waals surface area contributed by atoms with Gasteiger partial charge in [0.25, 0.3) is 0 Å². The highest BCUT2D eigenvalue weighted by atomic mass is 35.5. The van der Waals surface area contributed by atoms with Gasteiger partial charge in [0.15, 0.2) is 5.96 Å². The number of guanidine groups is 1. The molecule has 1 fully saturated rings. The van der Waals surface area contributed by atoms with E-state index in [-0.39, 0.29) is 11.6 Å². The molecule has 2 aliphatic heterocycles. The van der Waals surface area contributed by atoms with Crippen LogP contribution in [0.15, 0.2) is 23.2 Å². The molecule has 1 saturated heterocycles. The molecule has 21 heavy (non-hydrogen) atoms. The zero-order chi connectivity index (χ0) is 15.0. The van der Waals surface area contributed by atoms with Crippen molar-refractivity contribution in [3.8, 4) is 0 Å². The topological polar surface area (TPSA) is 50.8 Å². The average molecular weight is 328 g/mol. The largest absolute Gasteiger partial charge is 0.376 e. The summed E-state index contributed by atoms with van der Waals surface area (Å²) in [7, 11) is 0. The standard InChI is InChI=1S/C15H19Cl2N3O/c1-15(11-5-2-6-12(16)13(11)17)9-19-14(18)20(15)8-10-4-3-7-21-10/h2,5-6,10H,3-4,7-9H2,1H3,(H2,18,19). The van der Waals surface area contributed by atoms with Crippen LogP contribution in [0.1, 0.15) is 25.3 Å². The molecule has 114 valence electrons. The van der Waals surface area contributed by atoms with Gasteiger partial charge in [-0.1, -0.05) is 35.3 Å². The van der Waals surface area contributed by atoms with Gasteiger partial charge in [-0.05, 0) is 31.4 Å². The highest BCUT2D eigenvalue weighted by molar-refractivity contribution is 6.42. The van der Waals surface area contributed by atoms with Crippen LogP contribution in [0.4, 0.5) is 0 Å². The van der Waals surface area contributed by atoms with E-state index in [0.717, 1.165) is 31.6 Å². The molecule has 3 rings (SSSR count). The normalized spacial score (nSPS) is 29.0. The van der Waals surface area contributed by atoms with Gasteiger partial charge in [-0.25, -0.2) is 0 Å². The molecule has 0 spiro atoms. The Bertz CT molecular complexity index is 572. The van der Waals surface area contributed by atoms with E-state index in [1.165, 1.54) is 0 Å². The Morgan fingerprint density at radius 2 is 2.29 bits per heavy atom. The fraction of sp³-hybridized carbons (Fsp3) is 0.533. The number of aliphatic imine (C=N–C) groups is 1. The van der Waals surface area contributed by atoms with Crippen molar-refractivity contribution in [1.82, 2.24) is 4.90 Å². The Hall–Kier alpha value is -0.970. The van der Waals surface area contributed by atoms with Gasteiger partial charge in [-0.3, -0.25) is 4.99 Å². The molecule has 2 N–H and O–H groups in total. The highest BCUT2D eigenvalue weighted by Crippen LogP contribution is 2.39. The third-order valence-corrected chi connectivity index (χ3v) is 5.18. The minimum absolute atomic E-state index is 0.203. The van der Waals surface area contributed by atoms with Gasteiger partial charge < -0.3 is 15.4 Å². The van der Waals surface area contributed by atoms with Crippen LogP contribution in [0.5, 0.6) is 0 Å². The van der Waals surface area contributed by atoms with Crippen molar-refractivity contribution in [2.24, 2.45) is 10.7 Å². The number of benzene rings is 1. The van der Waals surface area contributed by atoms with Crippen molar-refractivity contribution in [3.63, 3.8) is 0 Å². The predicted molar refractivity (Wildman–Crippen MR) is 86.0 cm³/mol. The van der Waals surface area contributed by atoms with E-state index >= 15 is 0 Å². The fourth-order valence-electron chi connectivity index (χ4n) is 3.10. The van der Waals surface area contributed by atoms with E-state index in [1.54, 1.807) is 6.07 Å². The molecule has 2 heterocycles. The van der Waals surface area contributed by atoms with E-state index in [1.807, 2.05) is 12.1 Å². The maximum atomic E-state index is 6.41. The van der Waals surface area contributed by atoms with Crippen molar-refractivity contribution in [2.75, 3.05) is 19.7 Å². The molecule has 1 aromatic rings. The maximum Gasteiger partial charge on any atom is 0.192 e. The lowest BCUT2D eigenvalue weighted by Crippen LogP contribution is -2.50. The first-order valence-electron chi connectivity index (χ1n) is 7.16. The van der Waals surface area contributed by atoms with E-state index < -0.39 is 0 Å². The second-order valence-electron chi connectivity index (χ2n) is 5.80. The third kappa shape index (κ3) is 2.60. The summed E-state index contributed by atoms with van der Waals surface area (Å²) in [6.07, 6.45) is 2.36. The first-order chi connectivity index (χ1) is 10.0. The summed E-state index contributed by atoms with van der Waals surface area (Å²) < 4.78 is 5.74. The summed E-state index contributed by atoms with van der Waals surface area (Å²) in [5.41, 5.74) is 6.68. The molecule has 1 aromatic carbocycles. The van der Waals surface area contributed by atoms with Gasteiger partial charge in [0.2, 0.25) is 0 Å². The number of hydrogen-bond donors (Lipinski definition) is 1. The lowest BCUT2D eigenvalue weighted by atomic mass is 9.90. The first kappa shape index (κ1) is 14.9. The molecule has 6 heteroatoms. The quantitative estimate of drug-likeness (QED) is 0.928. The zero-order valence-electron chi connectivity index (χ0n) is 12.0. The van der Waals surface area contributed by atoms with Gasteiger partial charge in [-0.2, -0.15) is 0 Å². The summed E-state index contributed by atoms with van der Waals surface area (Å²) in [6.45, 7) is 4.23. The van der Waals surface area contributed by atoms with E-state index in [9.17, 15) is 0 Å². The Morgan fingerprint density at radius 3 is 3.00 bits per heavy atom. The van der Waals surface area contributed by atoms with E-state index in [4.69, 9.17) is 33.7 Å². The third-order valence-electron chi connectivity index (χ3n) is 4.36. The summed E-state index contributed by atoms with van der Waals surface area (Å²) >= 11 is 12.6. The molecule has 4 nitrogen and oxygen atoms in total. The van der Waals surface area contributed by atoms with Gasteiger partial charge in [0, 0.05) is 13.2 Å². The van der Waals surface area contributed by atoms with Gasteiger partial charge in [0.1, 0.15) is 0 Å². The number of nitrogens with two attached hydrogens (primary N) is 1. The second-order valence-corrected chi connectivity index (χ2v) is 6.58. The Kier molecular flexibility index (Phi) is 4.04. The molecule has 0 aromatic heterocycles. The minimum Gasteiger partial charge on any atom is -0.376 e. The van der Waals surface area contributed by atoms with E-state index in [0.29, 0.717) is 22.5 Å². The minimum atomic E-state index is -0.377. The summed E-state index contributed by atoms with van der Waals surface area (Å²) in [5, 5.41) is 1.13. The van der Waals surface area contributed by atoms with Crippen LogP contribution in [0.2, 0.25) is 10.0 Å². The molecule has 0 bridgehead atoms. The van der Waals surface area contributed by atoms with Crippen LogP contribution >= 0.6 is 23.2 Å². The SMILES string of the molecule is CC1(c2cccc(Cl)c2Cl)CN=C(N)N1CC1CCCO1. The number of ether oxygens (including phenoxy) is 1. The molecule has 0 aliphatic carbocycles. The molecule has 0 amide bonds. The van der Waals surface area contributed by atoms with Crippen LogP contribution in [0, 0.1) is 0 Å². The number of nitrogens with zero attached hydrogens (tertiary/aromatic N) is 2. The predicted octanol–water partition coefficient (Wildman–Crippen LogP) is 3.02. The van der Waals surface area contributed by atoms with Crippen LogP contribution in [-0.4, -0.2) is 36.7 Å². The van der Waals surface area contributed by atoms with Gasteiger partial charge >= 0.3 is 0 Å². The summed E-state index contributed by atoms with van der Waals surface area (Å²) in [6, 6.07) is 5.69. The summed E-state index contributed by atoms with van der Waals surface area (Å²) in [4.78, 5) is 6.52. The second kappa shape index (κ2) is 5.67. The molecule has 0 radical (unpaired) electrons. The monoisotopic (exact) mass is 327 g/mol. The van der Waals surface area contributed by atoms with Crippen LogP contribution in [0.3, 0.4) is 0 Å². The molecule has 0 saturated carbocycles. The van der Waals surface area contributed by atoms with Crippen LogP contribution in [0.25, 0.3) is 0 Å². The van der Waals surface area contributed by atoms with Crippen molar-refractivity contribution in [3.05, 3.63) is 33.8 Å². The first-order valence-corrected chi connectivity index (χ1v) is 7.91. The lowest BCUT2D eigenvalue weighted by Gasteiger charge is -2.38. The summed E-state index contributed by atoms with van der Waals surface area (Å²) in [5.74, 6) is 0.545. The van der Waals surface area contributed by atoms with Crippen molar-refractivity contribution in [1.29, 1.82) is 0 Å². The lowest BCUT2D eigenvalue weighted by molar-refractivity contribution is 0.0691. The van der Waals surface area contributed by atoms with Crippen molar-refractivity contribution >= 4 is 29.2 Å². The van der Waals surface area contributed by atoms with Crippen LogP contribution in [-0.2, 0) is 10.3 Å². The molecule has 2 aliphatic rings. The number of rotatable bonds is 3. The smallest absolute Gasteiger partial charge is 0.192 e. The van der Waals surface area contributed by atoms with Gasteiger partial charge in [0.05, 0.1) is 28.2 Å². The zero-order valence-corrected chi connectivity index (χ0v) is 13.5. The average Bonchev–Trinajstić information content (AvgIpc) is 3.06. The Labute approximate surface area is 134 Å². The Balaban J connectivity index is 1.92. The van der Waals surface area contributed by atoms with Crippen LogP contribution < -0.4 is 5.73 Å². The number of hydrogen-bond acceptors (Lipinski definition) is 4. The molecular weight excluding hydrogens is 309 g/mol. The van der Waals surface area contributed by atoms with Gasteiger partial charge in [-0.15, -0.1) is 0 Å². The van der Waals surface area contributed by atoms with Crippen molar-refractivity contribution in [2.45, 2.75) is 31.4 Å². The Morgan fingerprint density at radius 1 is 1.48 bits per heavy atom. The fourth-order valence-corrected chi connectivity index (χ4v) is 3.60.